The Hall–Kier alpha value is -2.96. The number of nitro benzene ring substituents is 1. The van der Waals surface area contributed by atoms with E-state index in [-0.39, 0.29) is 11.3 Å². The van der Waals surface area contributed by atoms with Crippen LogP contribution in [0.1, 0.15) is 15.9 Å². The highest BCUT2D eigenvalue weighted by molar-refractivity contribution is 5.94. The number of nitrogens with zero attached hydrogens (tertiary/aromatic N) is 2. The molecule has 0 fully saturated rings. The summed E-state index contributed by atoms with van der Waals surface area (Å²) < 4.78 is 4.79. The van der Waals surface area contributed by atoms with Crippen molar-refractivity contribution >= 4 is 17.9 Å². The van der Waals surface area contributed by atoms with Gasteiger partial charge in [-0.25, -0.2) is 4.79 Å². The fourth-order valence-electron chi connectivity index (χ4n) is 1.34. The van der Waals surface area contributed by atoms with Crippen LogP contribution in [0.4, 0.5) is 5.69 Å². The molecule has 0 spiro atoms. The molecule has 0 atom stereocenters. The standard InChI is InChI=1S/C12H8N2O5/c15-12(19-13-7-9-5-6-18-8-9)10-3-1-2-4-11(10)14(16)17/h1-8H/b13-7+. The molecule has 19 heavy (non-hydrogen) atoms. The van der Waals surface area contributed by atoms with Gasteiger partial charge in [-0.1, -0.05) is 17.3 Å². The SMILES string of the molecule is O=C(O/N=C/c1ccoc1)c1ccccc1[N+](=O)[O-]. The van der Waals surface area contributed by atoms with Gasteiger partial charge in [0, 0.05) is 11.6 Å². The van der Waals surface area contributed by atoms with Crippen molar-refractivity contribution < 1.29 is 19.0 Å². The fourth-order valence-corrected chi connectivity index (χ4v) is 1.34. The van der Waals surface area contributed by atoms with Gasteiger partial charge in [0.15, 0.2) is 0 Å². The van der Waals surface area contributed by atoms with Gasteiger partial charge in [-0.15, -0.1) is 0 Å². The molecule has 0 aliphatic heterocycles. The van der Waals surface area contributed by atoms with E-state index in [4.69, 9.17) is 4.42 Å². The lowest BCUT2D eigenvalue weighted by molar-refractivity contribution is -0.385. The first-order chi connectivity index (χ1) is 9.18. The van der Waals surface area contributed by atoms with Crippen LogP contribution in [0.2, 0.25) is 0 Å². The molecule has 0 bridgehead atoms. The molecular formula is C12H8N2O5. The molecule has 7 heteroatoms. The number of carbonyl (C=O) groups is 1. The summed E-state index contributed by atoms with van der Waals surface area (Å²) in [6.07, 6.45) is 4.10. The molecule has 0 radical (unpaired) electrons. The van der Waals surface area contributed by atoms with Crippen LogP contribution in [0.5, 0.6) is 0 Å². The van der Waals surface area contributed by atoms with Crippen molar-refractivity contribution in [3.8, 4) is 0 Å². The third-order valence-electron chi connectivity index (χ3n) is 2.20. The van der Waals surface area contributed by atoms with Crippen LogP contribution in [-0.4, -0.2) is 17.1 Å². The van der Waals surface area contributed by atoms with Gasteiger partial charge in [-0.3, -0.25) is 10.1 Å². The van der Waals surface area contributed by atoms with E-state index >= 15 is 0 Å². The van der Waals surface area contributed by atoms with Crippen LogP contribution in [0.25, 0.3) is 0 Å². The minimum atomic E-state index is -0.896. The molecule has 7 nitrogen and oxygen atoms in total. The number of nitro groups is 1. The van der Waals surface area contributed by atoms with E-state index in [1.165, 1.54) is 43.0 Å². The van der Waals surface area contributed by atoms with Gasteiger partial charge in [0.1, 0.15) is 5.56 Å². The monoisotopic (exact) mass is 260 g/mol. The highest BCUT2D eigenvalue weighted by Crippen LogP contribution is 2.18. The van der Waals surface area contributed by atoms with Gasteiger partial charge in [-0.05, 0) is 12.1 Å². The van der Waals surface area contributed by atoms with E-state index in [0.29, 0.717) is 5.56 Å². The molecule has 0 aliphatic rings. The molecule has 0 aliphatic carbocycles. The maximum Gasteiger partial charge on any atom is 0.372 e. The second-order valence-electron chi connectivity index (χ2n) is 3.44. The summed E-state index contributed by atoms with van der Waals surface area (Å²) >= 11 is 0. The summed E-state index contributed by atoms with van der Waals surface area (Å²) in [6.45, 7) is 0. The summed E-state index contributed by atoms with van der Waals surface area (Å²) in [7, 11) is 0. The summed E-state index contributed by atoms with van der Waals surface area (Å²) in [5.74, 6) is -0.896. The fraction of sp³-hybridized carbons (Fsp3) is 0. The summed E-state index contributed by atoms with van der Waals surface area (Å²) in [5.41, 5.74) is 0.123. The quantitative estimate of drug-likeness (QED) is 0.364. The molecule has 1 aromatic heterocycles. The lowest BCUT2D eigenvalue weighted by atomic mass is 10.2. The zero-order valence-electron chi connectivity index (χ0n) is 9.55. The zero-order chi connectivity index (χ0) is 13.7. The number of furan rings is 1. The Morgan fingerprint density at radius 3 is 2.84 bits per heavy atom. The lowest BCUT2D eigenvalue weighted by Crippen LogP contribution is -2.05. The van der Waals surface area contributed by atoms with E-state index in [0.717, 1.165) is 0 Å². The Balaban J connectivity index is 2.10. The number of para-hydroxylation sites is 1. The zero-order valence-corrected chi connectivity index (χ0v) is 9.55. The van der Waals surface area contributed by atoms with Crippen LogP contribution in [0.3, 0.4) is 0 Å². The number of rotatable bonds is 4. The molecule has 96 valence electrons. The number of carbonyl (C=O) groups excluding carboxylic acids is 1. The number of hydrogen-bond donors (Lipinski definition) is 0. The molecule has 0 N–H and O–H groups in total. The smallest absolute Gasteiger partial charge is 0.372 e. The van der Waals surface area contributed by atoms with Crippen LogP contribution >= 0.6 is 0 Å². The van der Waals surface area contributed by atoms with E-state index in [1.54, 1.807) is 6.07 Å². The third kappa shape index (κ3) is 3.03. The van der Waals surface area contributed by atoms with Crippen molar-refractivity contribution in [2.45, 2.75) is 0 Å². The third-order valence-corrected chi connectivity index (χ3v) is 2.20. The molecular weight excluding hydrogens is 252 g/mol. The summed E-state index contributed by atoms with van der Waals surface area (Å²) in [6, 6.07) is 7.10. The first-order valence-corrected chi connectivity index (χ1v) is 5.19. The first-order valence-electron chi connectivity index (χ1n) is 5.19. The van der Waals surface area contributed by atoms with Crippen LogP contribution < -0.4 is 0 Å². The molecule has 2 aromatic rings. The summed E-state index contributed by atoms with van der Waals surface area (Å²) in [5, 5.41) is 14.2. The van der Waals surface area contributed by atoms with Gasteiger partial charge in [0.25, 0.3) is 5.69 Å². The number of oxime groups is 1. The number of benzene rings is 1. The van der Waals surface area contributed by atoms with E-state index in [9.17, 15) is 14.9 Å². The largest absolute Gasteiger partial charge is 0.472 e. The second kappa shape index (κ2) is 5.58. The van der Waals surface area contributed by atoms with Crippen molar-refractivity contribution in [2.75, 3.05) is 0 Å². The maximum atomic E-state index is 11.6. The average Bonchev–Trinajstić information content (AvgIpc) is 2.91. The predicted octanol–water partition coefficient (Wildman–Crippen LogP) is 2.38. The van der Waals surface area contributed by atoms with E-state index < -0.39 is 10.9 Å². The maximum absolute atomic E-state index is 11.6. The molecule has 0 amide bonds. The van der Waals surface area contributed by atoms with Crippen molar-refractivity contribution in [1.82, 2.24) is 0 Å². The molecule has 0 unspecified atom stereocenters. The highest BCUT2D eigenvalue weighted by atomic mass is 16.7. The molecule has 2 rings (SSSR count). The lowest BCUT2D eigenvalue weighted by Gasteiger charge is -1.98. The van der Waals surface area contributed by atoms with Gasteiger partial charge in [-0.2, -0.15) is 0 Å². The topological polar surface area (TPSA) is 94.9 Å². The molecule has 0 saturated heterocycles. The average molecular weight is 260 g/mol. The first kappa shape index (κ1) is 12.5. The van der Waals surface area contributed by atoms with E-state index in [1.807, 2.05) is 0 Å². The van der Waals surface area contributed by atoms with Crippen molar-refractivity contribution in [3.63, 3.8) is 0 Å². The number of hydrogen-bond acceptors (Lipinski definition) is 6. The van der Waals surface area contributed by atoms with Crippen LogP contribution in [0, 0.1) is 10.1 Å². The predicted molar refractivity (Wildman–Crippen MR) is 64.8 cm³/mol. The van der Waals surface area contributed by atoms with Gasteiger partial charge in [0.2, 0.25) is 0 Å². The second-order valence-corrected chi connectivity index (χ2v) is 3.44. The van der Waals surface area contributed by atoms with Crippen molar-refractivity contribution in [3.05, 3.63) is 64.1 Å². The van der Waals surface area contributed by atoms with Crippen molar-refractivity contribution in [2.24, 2.45) is 5.16 Å². The summed E-state index contributed by atoms with van der Waals surface area (Å²) in [4.78, 5) is 26.3. The Bertz CT molecular complexity index is 619. The van der Waals surface area contributed by atoms with Crippen LogP contribution in [0.15, 0.2) is 52.4 Å². The Kier molecular flexibility index (Phi) is 3.67. The molecule has 1 heterocycles. The van der Waals surface area contributed by atoms with Gasteiger partial charge in [0.05, 0.1) is 23.7 Å². The molecule has 0 saturated carbocycles. The van der Waals surface area contributed by atoms with Crippen molar-refractivity contribution in [1.29, 1.82) is 0 Å². The minimum Gasteiger partial charge on any atom is -0.472 e. The minimum absolute atomic E-state index is 0.156. The Morgan fingerprint density at radius 2 is 2.16 bits per heavy atom. The van der Waals surface area contributed by atoms with Gasteiger partial charge < -0.3 is 9.25 Å². The normalized spacial score (nSPS) is 10.5. The molecule has 1 aromatic carbocycles. The Labute approximate surface area is 107 Å². The van der Waals surface area contributed by atoms with Gasteiger partial charge >= 0.3 is 5.97 Å². The van der Waals surface area contributed by atoms with Crippen LogP contribution in [-0.2, 0) is 4.84 Å². The Morgan fingerprint density at radius 1 is 1.37 bits per heavy atom. The van der Waals surface area contributed by atoms with E-state index in [2.05, 4.69) is 9.99 Å². The highest BCUT2D eigenvalue weighted by Gasteiger charge is 2.20.